The molecular weight excluding hydrogens is 660 g/mol. The summed E-state index contributed by atoms with van der Waals surface area (Å²) in [5.74, 6) is -3.91. The Hall–Kier alpha value is -6.42. The van der Waals surface area contributed by atoms with Gasteiger partial charge in [0.1, 0.15) is 23.0 Å². The van der Waals surface area contributed by atoms with Crippen LogP contribution in [0.25, 0.3) is 33.4 Å². The van der Waals surface area contributed by atoms with Crippen LogP contribution in [0.4, 0.5) is 11.4 Å². The van der Waals surface area contributed by atoms with Crippen LogP contribution in [0, 0.1) is 25.7 Å². The Labute approximate surface area is 301 Å². The van der Waals surface area contributed by atoms with E-state index < -0.39 is 23.1 Å². The monoisotopic (exact) mass is 700 g/mol. The lowest BCUT2D eigenvalue weighted by molar-refractivity contribution is -0.113. The van der Waals surface area contributed by atoms with Gasteiger partial charge in [0.15, 0.2) is 11.5 Å². The fraction of sp³-hybridized carbons (Fsp3) is 0.190. The highest BCUT2D eigenvalue weighted by Gasteiger charge is 2.38. The topological polar surface area (TPSA) is 180 Å². The first-order valence-electron chi connectivity index (χ1n) is 16.9. The van der Waals surface area contributed by atoms with Gasteiger partial charge in [-0.3, -0.25) is 9.59 Å². The van der Waals surface area contributed by atoms with E-state index in [1.165, 1.54) is 24.5 Å². The molecule has 52 heavy (non-hydrogen) atoms. The molecule has 2 aliphatic rings. The van der Waals surface area contributed by atoms with Crippen molar-refractivity contribution in [2.45, 2.75) is 41.5 Å². The lowest BCUT2D eigenvalue weighted by atomic mass is 9.75. The number of para-hydroxylation sites is 4. The second kappa shape index (κ2) is 13.4. The standard InChI is InChI=1S/C42H40N2O8/c1-19(2)31-23-15-21(5)33(39(49)35(23)25(37(47)41(31)51)17-43-27-11-7-9-13-29(27)45)34-22(6)16-24-32(20(3)4)42(52)38(48)26(36(24)40(34)50)18-44-28-12-8-10-14-30(28)46/h7-20,43-46,49-52H,1-6H3/b25-17-,26-18-. The van der Waals surface area contributed by atoms with E-state index in [4.69, 9.17) is 0 Å². The number of fused-ring (bicyclic) bond motifs is 2. The maximum atomic E-state index is 13.8. The van der Waals surface area contributed by atoms with E-state index >= 15 is 0 Å². The Morgan fingerprint density at radius 1 is 0.538 bits per heavy atom. The van der Waals surface area contributed by atoms with Gasteiger partial charge in [0.05, 0.1) is 22.5 Å². The van der Waals surface area contributed by atoms with Gasteiger partial charge >= 0.3 is 0 Å². The Bertz CT molecular complexity index is 2160. The summed E-state index contributed by atoms with van der Waals surface area (Å²) in [6.07, 6.45) is 2.63. The third-order valence-electron chi connectivity index (χ3n) is 9.50. The number of phenolic OH excluding ortho intramolecular Hbond substituents is 4. The van der Waals surface area contributed by atoms with Crippen LogP contribution < -0.4 is 10.6 Å². The van der Waals surface area contributed by atoms with Gasteiger partial charge in [-0.1, -0.05) is 64.1 Å². The molecule has 8 N–H and O–H groups in total. The summed E-state index contributed by atoms with van der Waals surface area (Å²) < 4.78 is 0. The molecule has 0 spiro atoms. The number of benzene rings is 4. The molecule has 0 saturated carbocycles. The summed E-state index contributed by atoms with van der Waals surface area (Å²) >= 11 is 0. The van der Waals surface area contributed by atoms with Crippen molar-refractivity contribution in [3.8, 4) is 34.1 Å². The fourth-order valence-electron chi connectivity index (χ4n) is 7.12. The number of hydrogen-bond acceptors (Lipinski definition) is 10. The van der Waals surface area contributed by atoms with Gasteiger partial charge in [-0.2, -0.15) is 0 Å². The molecule has 0 aliphatic heterocycles. The molecule has 0 aromatic heterocycles. The van der Waals surface area contributed by atoms with E-state index in [1.54, 1.807) is 62.4 Å². The molecule has 0 radical (unpaired) electrons. The highest BCUT2D eigenvalue weighted by molar-refractivity contribution is 6.35. The van der Waals surface area contributed by atoms with Crippen LogP contribution in [0.15, 0.2) is 84.6 Å². The van der Waals surface area contributed by atoms with Crippen molar-refractivity contribution in [3.05, 3.63) is 118 Å². The number of hydrogen-bond donors (Lipinski definition) is 8. The summed E-state index contributed by atoms with van der Waals surface area (Å²) in [5.41, 5.74) is 3.54. The molecule has 266 valence electrons. The molecule has 4 aromatic rings. The SMILES string of the molecule is Cc1cc2c(c(O)c1-c1c(C)cc3c(c1O)/C(=C/Nc1ccccc1O)C(=O)C(O)=C3C(C)C)/C(=C/Nc1ccccc1O)C(=O)C(O)=C2C(C)C. The van der Waals surface area contributed by atoms with Crippen LogP contribution in [0.3, 0.4) is 0 Å². The zero-order valence-electron chi connectivity index (χ0n) is 29.6. The maximum Gasteiger partial charge on any atom is 0.229 e. The minimum atomic E-state index is -0.746. The first-order chi connectivity index (χ1) is 24.6. The number of carbonyl (C=O) groups excluding carboxylic acids is 2. The minimum Gasteiger partial charge on any atom is -0.507 e. The van der Waals surface area contributed by atoms with E-state index in [0.717, 1.165) is 0 Å². The third-order valence-corrected chi connectivity index (χ3v) is 9.50. The average Bonchev–Trinajstić information content (AvgIpc) is 3.08. The van der Waals surface area contributed by atoms with E-state index in [1.807, 2.05) is 27.7 Å². The van der Waals surface area contributed by atoms with Crippen molar-refractivity contribution < 1.29 is 40.2 Å². The lowest BCUT2D eigenvalue weighted by Gasteiger charge is -2.29. The number of allylic oxidation sites excluding steroid dienone is 4. The number of carbonyl (C=O) groups is 2. The van der Waals surface area contributed by atoms with E-state index in [0.29, 0.717) is 33.4 Å². The van der Waals surface area contributed by atoms with Crippen molar-refractivity contribution in [3.63, 3.8) is 0 Å². The van der Waals surface area contributed by atoms with Gasteiger partial charge < -0.3 is 41.3 Å². The summed E-state index contributed by atoms with van der Waals surface area (Å²) in [4.78, 5) is 27.6. The Morgan fingerprint density at radius 2 is 0.885 bits per heavy atom. The molecule has 0 heterocycles. The first kappa shape index (κ1) is 35.4. The number of anilines is 2. The highest BCUT2D eigenvalue weighted by Crippen LogP contribution is 2.53. The molecule has 0 atom stereocenters. The molecule has 10 nitrogen and oxygen atoms in total. The van der Waals surface area contributed by atoms with Crippen LogP contribution >= 0.6 is 0 Å². The van der Waals surface area contributed by atoms with Crippen molar-refractivity contribution in [1.82, 2.24) is 0 Å². The number of aliphatic hydroxyl groups excluding tert-OH is 2. The van der Waals surface area contributed by atoms with Gasteiger partial charge in [-0.05, 0) is 72.2 Å². The summed E-state index contributed by atoms with van der Waals surface area (Å²) in [6, 6.07) is 16.3. The number of ketones is 2. The number of nitrogens with one attached hydrogen (secondary N) is 2. The smallest absolute Gasteiger partial charge is 0.229 e. The molecule has 0 amide bonds. The van der Waals surface area contributed by atoms with Crippen LogP contribution in [0.5, 0.6) is 23.0 Å². The molecule has 2 aliphatic carbocycles. The lowest BCUT2D eigenvalue weighted by Crippen LogP contribution is -2.20. The van der Waals surface area contributed by atoms with Crippen LogP contribution in [0.2, 0.25) is 0 Å². The van der Waals surface area contributed by atoms with Crippen LogP contribution in [-0.2, 0) is 9.59 Å². The molecule has 0 bridgehead atoms. The molecule has 10 heteroatoms. The fourth-order valence-corrected chi connectivity index (χ4v) is 7.12. The maximum absolute atomic E-state index is 13.8. The summed E-state index contributed by atoms with van der Waals surface area (Å²) in [5, 5.41) is 73.4. The molecule has 4 aromatic carbocycles. The molecule has 0 saturated heterocycles. The van der Waals surface area contributed by atoms with Crippen LogP contribution in [0.1, 0.15) is 61.1 Å². The van der Waals surface area contributed by atoms with Gasteiger partial charge in [-0.15, -0.1) is 0 Å². The second-order valence-corrected chi connectivity index (χ2v) is 13.6. The zero-order valence-corrected chi connectivity index (χ0v) is 29.6. The number of Topliss-reactive ketones (excluding diaryl/α,β-unsaturated/α-hetero) is 2. The molecular formula is C42H40N2O8. The minimum absolute atomic E-state index is 0.0772. The number of aliphatic hydroxyl groups is 2. The Balaban J connectivity index is 1.64. The molecule has 0 unspecified atom stereocenters. The summed E-state index contributed by atoms with van der Waals surface area (Å²) in [6.45, 7) is 10.7. The van der Waals surface area contributed by atoms with E-state index in [9.17, 15) is 40.2 Å². The van der Waals surface area contributed by atoms with Crippen molar-refractivity contribution in [2.75, 3.05) is 10.6 Å². The van der Waals surface area contributed by atoms with Crippen molar-refractivity contribution in [2.24, 2.45) is 11.8 Å². The van der Waals surface area contributed by atoms with Gasteiger partial charge in [0, 0.05) is 45.8 Å². The quantitative estimate of drug-likeness (QED) is 0.0686. The Morgan fingerprint density at radius 3 is 1.21 bits per heavy atom. The van der Waals surface area contributed by atoms with Gasteiger partial charge in [0.2, 0.25) is 11.6 Å². The third kappa shape index (κ3) is 5.72. The summed E-state index contributed by atoms with van der Waals surface area (Å²) in [7, 11) is 0. The molecule has 0 fully saturated rings. The number of aromatic hydroxyl groups is 4. The predicted octanol–water partition coefficient (Wildman–Crippen LogP) is 8.71. The Kier molecular flexibility index (Phi) is 9.10. The first-order valence-corrected chi connectivity index (χ1v) is 16.9. The highest BCUT2D eigenvalue weighted by atomic mass is 16.3. The second-order valence-electron chi connectivity index (χ2n) is 13.6. The number of rotatable bonds is 7. The van der Waals surface area contributed by atoms with E-state index in [2.05, 4.69) is 10.6 Å². The largest absolute Gasteiger partial charge is 0.507 e. The predicted molar refractivity (Wildman–Crippen MR) is 203 cm³/mol. The van der Waals surface area contributed by atoms with Crippen molar-refractivity contribution in [1.29, 1.82) is 0 Å². The zero-order chi connectivity index (χ0) is 37.8. The van der Waals surface area contributed by atoms with E-state index in [-0.39, 0.29) is 79.6 Å². The van der Waals surface area contributed by atoms with Crippen LogP contribution in [-0.4, -0.2) is 42.2 Å². The average molecular weight is 701 g/mol. The van der Waals surface area contributed by atoms with Crippen molar-refractivity contribution >= 4 is 45.2 Å². The normalized spacial score (nSPS) is 15.9. The van der Waals surface area contributed by atoms with Gasteiger partial charge in [-0.25, -0.2) is 0 Å². The van der Waals surface area contributed by atoms with Gasteiger partial charge in [0.25, 0.3) is 0 Å². The number of aryl methyl sites for hydroxylation is 2. The molecule has 6 rings (SSSR count). The number of phenols is 4.